The molecule has 2 unspecified atom stereocenters. The second-order valence-electron chi connectivity index (χ2n) is 5.51. The second kappa shape index (κ2) is 4.30. The molecule has 1 saturated heterocycles. The van der Waals surface area contributed by atoms with Crippen LogP contribution in [0, 0.1) is 17.8 Å². The van der Waals surface area contributed by atoms with Crippen molar-refractivity contribution < 1.29 is 14.4 Å². The Morgan fingerprint density at radius 1 is 1.16 bits per heavy atom. The Morgan fingerprint density at radius 2 is 1.79 bits per heavy atom. The summed E-state index contributed by atoms with van der Waals surface area (Å²) in [5, 5.41) is 0. The molecule has 4 heteroatoms. The van der Waals surface area contributed by atoms with Crippen LogP contribution in [0.3, 0.4) is 0 Å². The maximum atomic E-state index is 12.4. The molecule has 3 rings (SSSR count). The predicted octanol–water partition coefficient (Wildman–Crippen LogP) is 2.03. The number of imide groups is 1. The molecule has 98 valence electrons. The minimum absolute atomic E-state index is 0.109. The van der Waals surface area contributed by atoms with Crippen molar-refractivity contribution in [2.45, 2.75) is 19.8 Å². The summed E-state index contributed by atoms with van der Waals surface area (Å²) in [4.78, 5) is 36.8. The molecule has 4 nitrogen and oxygen atoms in total. The van der Waals surface area contributed by atoms with Gasteiger partial charge in [-0.1, -0.05) is 19.1 Å². The molecule has 0 N–H and O–H groups in total. The predicted molar refractivity (Wildman–Crippen MR) is 69.7 cm³/mol. The maximum absolute atomic E-state index is 12.4. The van der Waals surface area contributed by atoms with Gasteiger partial charge in [-0.3, -0.25) is 19.3 Å². The van der Waals surface area contributed by atoms with Crippen molar-refractivity contribution in [3.8, 4) is 0 Å². The van der Waals surface area contributed by atoms with Crippen molar-refractivity contribution in [3.05, 3.63) is 29.8 Å². The fourth-order valence-electron chi connectivity index (χ4n) is 3.27. The van der Waals surface area contributed by atoms with Crippen LogP contribution in [0.15, 0.2) is 24.3 Å². The van der Waals surface area contributed by atoms with Crippen LogP contribution in [0.25, 0.3) is 0 Å². The van der Waals surface area contributed by atoms with Crippen LogP contribution >= 0.6 is 0 Å². The molecule has 2 atom stereocenters. The quantitative estimate of drug-likeness (QED) is 0.601. The number of anilines is 1. The zero-order chi connectivity index (χ0) is 13.6. The van der Waals surface area contributed by atoms with Gasteiger partial charge in [-0.05, 0) is 30.9 Å². The lowest BCUT2D eigenvalue weighted by Gasteiger charge is -2.17. The van der Waals surface area contributed by atoms with Gasteiger partial charge in [0.15, 0.2) is 0 Å². The smallest absolute Gasteiger partial charge is 0.237 e. The lowest BCUT2D eigenvalue weighted by Crippen LogP contribution is -2.32. The van der Waals surface area contributed by atoms with E-state index in [0.717, 1.165) is 19.1 Å². The van der Waals surface area contributed by atoms with Gasteiger partial charge in [-0.15, -0.1) is 0 Å². The number of benzene rings is 1. The van der Waals surface area contributed by atoms with Gasteiger partial charge in [0.25, 0.3) is 0 Å². The second-order valence-corrected chi connectivity index (χ2v) is 5.51. The molecule has 0 bridgehead atoms. The van der Waals surface area contributed by atoms with Crippen molar-refractivity contribution in [3.63, 3.8) is 0 Å². The van der Waals surface area contributed by atoms with Gasteiger partial charge in [-0.2, -0.15) is 0 Å². The molecule has 1 saturated carbocycles. The van der Waals surface area contributed by atoms with Crippen LogP contribution in [0.5, 0.6) is 0 Å². The topological polar surface area (TPSA) is 54.5 Å². The van der Waals surface area contributed by atoms with Crippen LogP contribution in [-0.2, 0) is 9.59 Å². The Labute approximate surface area is 111 Å². The number of hydrogen-bond acceptors (Lipinski definition) is 3. The summed E-state index contributed by atoms with van der Waals surface area (Å²) in [6, 6.07) is 6.64. The number of carbonyl (C=O) groups excluding carboxylic acids is 3. The van der Waals surface area contributed by atoms with Crippen LogP contribution in [0.1, 0.15) is 30.1 Å². The average Bonchev–Trinajstić information content (AvgIpc) is 2.89. The van der Waals surface area contributed by atoms with Crippen molar-refractivity contribution >= 4 is 23.8 Å². The van der Waals surface area contributed by atoms with E-state index >= 15 is 0 Å². The van der Waals surface area contributed by atoms with Crippen LogP contribution in [0.4, 0.5) is 5.69 Å². The summed E-state index contributed by atoms with van der Waals surface area (Å²) < 4.78 is 0. The highest BCUT2D eigenvalue weighted by Crippen LogP contribution is 2.44. The summed E-state index contributed by atoms with van der Waals surface area (Å²) >= 11 is 0. The lowest BCUT2D eigenvalue weighted by atomic mass is 10.00. The first kappa shape index (κ1) is 12.1. The Morgan fingerprint density at radius 3 is 2.37 bits per heavy atom. The summed E-state index contributed by atoms with van der Waals surface area (Å²) in [6.45, 7) is 2.08. The summed E-state index contributed by atoms with van der Waals surface area (Å²) in [5.41, 5.74) is 0.991. The molecule has 1 aliphatic heterocycles. The van der Waals surface area contributed by atoms with E-state index in [9.17, 15) is 14.4 Å². The van der Waals surface area contributed by atoms with E-state index in [1.165, 1.54) is 4.90 Å². The molecule has 2 fully saturated rings. The largest absolute Gasteiger partial charge is 0.298 e. The molecule has 2 aliphatic rings. The van der Waals surface area contributed by atoms with Crippen molar-refractivity contribution in [2.75, 3.05) is 4.90 Å². The zero-order valence-corrected chi connectivity index (χ0v) is 10.7. The Bertz CT molecular complexity index is 542. The zero-order valence-electron chi connectivity index (χ0n) is 10.7. The minimum Gasteiger partial charge on any atom is -0.298 e. The van der Waals surface area contributed by atoms with E-state index in [0.29, 0.717) is 17.2 Å². The number of carbonyl (C=O) groups is 3. The molecular weight excluding hydrogens is 242 g/mol. The van der Waals surface area contributed by atoms with Crippen LogP contribution < -0.4 is 4.90 Å². The average molecular weight is 257 g/mol. The van der Waals surface area contributed by atoms with Gasteiger partial charge in [0.1, 0.15) is 6.29 Å². The maximum Gasteiger partial charge on any atom is 0.237 e. The summed E-state index contributed by atoms with van der Waals surface area (Å²) in [7, 11) is 0. The van der Waals surface area contributed by atoms with Crippen molar-refractivity contribution in [1.82, 2.24) is 0 Å². The van der Waals surface area contributed by atoms with Crippen molar-refractivity contribution in [1.29, 1.82) is 0 Å². The van der Waals surface area contributed by atoms with Crippen molar-refractivity contribution in [2.24, 2.45) is 17.8 Å². The molecule has 1 aromatic carbocycles. The van der Waals surface area contributed by atoms with Gasteiger partial charge in [0.2, 0.25) is 11.8 Å². The minimum atomic E-state index is -0.164. The van der Waals surface area contributed by atoms with Crippen LogP contribution in [-0.4, -0.2) is 18.1 Å². The number of amides is 2. The monoisotopic (exact) mass is 257 g/mol. The Hall–Kier alpha value is -1.97. The molecule has 1 aliphatic carbocycles. The van der Waals surface area contributed by atoms with Crippen LogP contribution in [0.2, 0.25) is 0 Å². The first-order valence-corrected chi connectivity index (χ1v) is 6.55. The number of fused-ring (bicyclic) bond motifs is 1. The highest BCUT2D eigenvalue weighted by Gasteiger charge is 2.52. The molecule has 0 aromatic heterocycles. The summed E-state index contributed by atoms with van der Waals surface area (Å²) in [6.07, 6.45) is 2.30. The van der Waals surface area contributed by atoms with E-state index in [1.807, 2.05) is 0 Å². The first-order valence-electron chi connectivity index (χ1n) is 6.55. The molecular formula is C15H15NO3. The molecule has 1 heterocycles. The van der Waals surface area contributed by atoms with E-state index in [1.54, 1.807) is 24.3 Å². The normalized spacial score (nSPS) is 29.7. The fourth-order valence-corrected chi connectivity index (χ4v) is 3.27. The highest BCUT2D eigenvalue weighted by molar-refractivity contribution is 6.22. The molecule has 1 aromatic rings. The molecule has 19 heavy (non-hydrogen) atoms. The number of hydrogen-bond donors (Lipinski definition) is 0. The van der Waals surface area contributed by atoms with Gasteiger partial charge in [0.05, 0.1) is 17.5 Å². The SMILES string of the molecule is CC1CC2C(=O)N(c3cccc(C=O)c3)C(=O)C2C1. The van der Waals surface area contributed by atoms with Gasteiger partial charge in [0, 0.05) is 5.56 Å². The Balaban J connectivity index is 1.96. The van der Waals surface area contributed by atoms with E-state index in [2.05, 4.69) is 6.92 Å². The molecule has 0 radical (unpaired) electrons. The number of nitrogens with zero attached hydrogens (tertiary/aromatic N) is 1. The highest BCUT2D eigenvalue weighted by atomic mass is 16.2. The third-order valence-corrected chi connectivity index (χ3v) is 4.14. The summed E-state index contributed by atoms with van der Waals surface area (Å²) in [5.74, 6) is -0.110. The Kier molecular flexibility index (Phi) is 2.73. The third kappa shape index (κ3) is 1.79. The third-order valence-electron chi connectivity index (χ3n) is 4.14. The van der Waals surface area contributed by atoms with E-state index < -0.39 is 0 Å². The number of aldehydes is 1. The van der Waals surface area contributed by atoms with E-state index in [-0.39, 0.29) is 23.7 Å². The first-order chi connectivity index (χ1) is 9.11. The molecule has 2 amide bonds. The molecule has 0 spiro atoms. The standard InChI is InChI=1S/C15H15NO3/c1-9-5-12-13(6-9)15(19)16(14(12)18)11-4-2-3-10(7-11)8-17/h2-4,7-9,12-13H,5-6H2,1H3. The van der Waals surface area contributed by atoms with Gasteiger partial charge < -0.3 is 0 Å². The van der Waals surface area contributed by atoms with Gasteiger partial charge >= 0.3 is 0 Å². The number of rotatable bonds is 2. The fraction of sp³-hybridized carbons (Fsp3) is 0.400. The lowest BCUT2D eigenvalue weighted by molar-refractivity contribution is -0.123. The van der Waals surface area contributed by atoms with E-state index in [4.69, 9.17) is 0 Å². The van der Waals surface area contributed by atoms with Gasteiger partial charge in [-0.25, -0.2) is 0 Å².